The number of nitrogens with one attached hydrogen (secondary N) is 1. The summed E-state index contributed by atoms with van der Waals surface area (Å²) in [5.74, 6) is 0.874. The van der Waals surface area contributed by atoms with Crippen LogP contribution in [0, 0.1) is 0 Å². The number of rotatable bonds is 4. The number of nitrogens with zero attached hydrogens (tertiary/aromatic N) is 3. The number of nitrogen functional groups attached to an aromatic ring is 1. The van der Waals surface area contributed by atoms with Crippen LogP contribution in [0.4, 0.5) is 17.5 Å². The lowest BCUT2D eigenvalue weighted by Gasteiger charge is -2.12. The van der Waals surface area contributed by atoms with Crippen LogP contribution in [-0.2, 0) is 13.2 Å². The number of aliphatic hydroxyl groups is 1. The number of aliphatic hydroxyl groups excluding tert-OH is 1. The summed E-state index contributed by atoms with van der Waals surface area (Å²) in [6.07, 6.45) is 3.51. The molecule has 6 nitrogen and oxygen atoms in total. The maximum Gasteiger partial charge on any atom is 0.221 e. The first-order chi connectivity index (χ1) is 11.7. The maximum atomic E-state index is 9.31. The summed E-state index contributed by atoms with van der Waals surface area (Å²) < 4.78 is 0. The Morgan fingerprint density at radius 1 is 1.25 bits per heavy atom. The topological polar surface area (TPSA) is 96.4 Å². The van der Waals surface area contributed by atoms with E-state index in [2.05, 4.69) is 26.3 Å². The minimum Gasteiger partial charge on any atom is -0.391 e. The van der Waals surface area contributed by atoms with Crippen molar-refractivity contribution in [3.63, 3.8) is 0 Å². The zero-order chi connectivity index (χ0) is 16.5. The standard InChI is InChI=1S/C17H15N5OS/c18-17-20-4-3-16(22-17)21-11-5-10-7-19-8-14(10)13(6-11)15-2-1-12(9-23)24-15/h1-7,23H,8-9H2,(H3,18,20,21,22). The molecule has 3 heterocycles. The van der Waals surface area contributed by atoms with E-state index < -0.39 is 0 Å². The van der Waals surface area contributed by atoms with Gasteiger partial charge in [0, 0.05) is 33.4 Å². The molecule has 0 amide bonds. The lowest BCUT2D eigenvalue weighted by Crippen LogP contribution is -2.00. The molecule has 0 radical (unpaired) electrons. The Morgan fingerprint density at radius 2 is 2.17 bits per heavy atom. The lowest BCUT2D eigenvalue weighted by molar-refractivity contribution is 0.285. The Labute approximate surface area is 142 Å². The Balaban J connectivity index is 1.76. The molecule has 120 valence electrons. The summed E-state index contributed by atoms with van der Waals surface area (Å²) in [6, 6.07) is 9.89. The summed E-state index contributed by atoms with van der Waals surface area (Å²) >= 11 is 1.59. The van der Waals surface area contributed by atoms with Crippen molar-refractivity contribution >= 4 is 35.0 Å². The smallest absolute Gasteiger partial charge is 0.221 e. The highest BCUT2D eigenvalue weighted by molar-refractivity contribution is 7.15. The molecule has 1 aliphatic heterocycles. The predicted octanol–water partition coefficient (Wildman–Crippen LogP) is 2.96. The average molecular weight is 337 g/mol. The Hall–Kier alpha value is -2.77. The van der Waals surface area contributed by atoms with Crippen LogP contribution in [0.1, 0.15) is 16.0 Å². The van der Waals surface area contributed by atoms with Crippen LogP contribution < -0.4 is 11.1 Å². The molecule has 1 aliphatic rings. The number of aromatic nitrogens is 2. The zero-order valence-electron chi connectivity index (χ0n) is 12.7. The molecule has 24 heavy (non-hydrogen) atoms. The Morgan fingerprint density at radius 3 is 2.96 bits per heavy atom. The molecular formula is C17H15N5OS. The maximum absolute atomic E-state index is 9.31. The van der Waals surface area contributed by atoms with Crippen LogP contribution in [0.5, 0.6) is 0 Å². The summed E-state index contributed by atoms with van der Waals surface area (Å²) in [7, 11) is 0. The van der Waals surface area contributed by atoms with Gasteiger partial charge in [0.05, 0.1) is 13.2 Å². The van der Waals surface area contributed by atoms with Gasteiger partial charge >= 0.3 is 0 Å². The number of nitrogens with two attached hydrogens (primary N) is 1. The fourth-order valence-corrected chi connectivity index (χ4v) is 3.62. The van der Waals surface area contributed by atoms with E-state index in [9.17, 15) is 5.11 Å². The number of hydrogen-bond acceptors (Lipinski definition) is 7. The first kappa shape index (κ1) is 14.8. The third-order valence-electron chi connectivity index (χ3n) is 3.79. The van der Waals surface area contributed by atoms with Crippen LogP contribution in [0.25, 0.3) is 10.4 Å². The molecule has 0 spiro atoms. The molecule has 0 bridgehead atoms. The van der Waals surface area contributed by atoms with Crippen LogP contribution in [-0.4, -0.2) is 21.3 Å². The highest BCUT2D eigenvalue weighted by atomic mass is 32.1. The van der Waals surface area contributed by atoms with Crippen LogP contribution >= 0.6 is 11.3 Å². The van der Waals surface area contributed by atoms with Crippen molar-refractivity contribution in [2.75, 3.05) is 11.1 Å². The molecule has 0 saturated carbocycles. The van der Waals surface area contributed by atoms with Crippen molar-refractivity contribution in [1.29, 1.82) is 0 Å². The third-order valence-corrected chi connectivity index (χ3v) is 4.90. The van der Waals surface area contributed by atoms with E-state index in [1.165, 1.54) is 5.56 Å². The van der Waals surface area contributed by atoms with Gasteiger partial charge in [-0.3, -0.25) is 4.99 Å². The van der Waals surface area contributed by atoms with Crippen LogP contribution in [0.2, 0.25) is 0 Å². The van der Waals surface area contributed by atoms with Gasteiger partial charge in [0.25, 0.3) is 0 Å². The highest BCUT2D eigenvalue weighted by Gasteiger charge is 2.16. The summed E-state index contributed by atoms with van der Waals surface area (Å²) in [6.45, 7) is 0.735. The fraction of sp³-hybridized carbons (Fsp3) is 0.118. The highest BCUT2D eigenvalue weighted by Crippen LogP contribution is 2.36. The number of hydrogen-bond donors (Lipinski definition) is 3. The average Bonchev–Trinajstić information content (AvgIpc) is 3.23. The monoisotopic (exact) mass is 337 g/mol. The number of thiophene rings is 1. The van der Waals surface area contributed by atoms with E-state index in [4.69, 9.17) is 5.73 Å². The number of fused-ring (bicyclic) bond motifs is 1. The van der Waals surface area contributed by atoms with E-state index in [0.29, 0.717) is 12.4 Å². The SMILES string of the molecule is Nc1nccc(Nc2cc3c(c(-c4ccc(CO)s4)c2)CN=C3)n1. The largest absolute Gasteiger partial charge is 0.391 e. The van der Waals surface area contributed by atoms with Crippen LogP contribution in [0.3, 0.4) is 0 Å². The van der Waals surface area contributed by atoms with Crippen molar-refractivity contribution in [1.82, 2.24) is 9.97 Å². The van der Waals surface area contributed by atoms with Gasteiger partial charge in [-0.2, -0.15) is 4.98 Å². The molecule has 1 aromatic carbocycles. The number of anilines is 3. The second-order valence-corrected chi connectivity index (χ2v) is 6.58. The molecule has 2 aromatic heterocycles. The first-order valence-corrected chi connectivity index (χ1v) is 8.27. The minimum absolute atomic E-state index is 0.0571. The van der Waals surface area contributed by atoms with E-state index in [0.717, 1.165) is 26.6 Å². The fourth-order valence-electron chi connectivity index (χ4n) is 2.71. The van der Waals surface area contributed by atoms with E-state index >= 15 is 0 Å². The molecule has 0 fully saturated rings. The molecular weight excluding hydrogens is 322 g/mol. The molecule has 0 saturated heterocycles. The molecule has 3 aromatic rings. The van der Waals surface area contributed by atoms with E-state index in [1.54, 1.807) is 23.6 Å². The van der Waals surface area contributed by atoms with Gasteiger partial charge in [0.1, 0.15) is 5.82 Å². The zero-order valence-corrected chi connectivity index (χ0v) is 13.5. The van der Waals surface area contributed by atoms with Crippen molar-refractivity contribution in [2.45, 2.75) is 13.2 Å². The summed E-state index contributed by atoms with van der Waals surface area (Å²) in [5.41, 5.74) is 9.97. The second-order valence-electron chi connectivity index (χ2n) is 5.41. The van der Waals surface area contributed by atoms with Gasteiger partial charge in [-0.25, -0.2) is 4.98 Å². The van der Waals surface area contributed by atoms with Gasteiger partial charge in [-0.05, 0) is 41.5 Å². The number of aliphatic imine (C=N–C) groups is 1. The van der Waals surface area contributed by atoms with Crippen molar-refractivity contribution in [3.8, 4) is 10.4 Å². The molecule has 7 heteroatoms. The van der Waals surface area contributed by atoms with E-state index in [-0.39, 0.29) is 12.6 Å². The van der Waals surface area contributed by atoms with Gasteiger partial charge in [-0.1, -0.05) is 0 Å². The van der Waals surface area contributed by atoms with Gasteiger partial charge in [0.2, 0.25) is 5.95 Å². The van der Waals surface area contributed by atoms with Gasteiger partial charge in [0.15, 0.2) is 0 Å². The second kappa shape index (κ2) is 6.03. The predicted molar refractivity (Wildman–Crippen MR) is 96.7 cm³/mol. The molecule has 4 rings (SSSR count). The molecule has 0 unspecified atom stereocenters. The lowest BCUT2D eigenvalue weighted by atomic mass is 10.0. The van der Waals surface area contributed by atoms with Gasteiger partial charge < -0.3 is 16.2 Å². The van der Waals surface area contributed by atoms with Crippen molar-refractivity contribution < 1.29 is 5.11 Å². The van der Waals surface area contributed by atoms with Gasteiger partial charge in [-0.15, -0.1) is 11.3 Å². The van der Waals surface area contributed by atoms with Crippen molar-refractivity contribution in [3.05, 3.63) is 52.5 Å². The van der Waals surface area contributed by atoms with Crippen LogP contribution in [0.15, 0.2) is 41.5 Å². The molecule has 0 aliphatic carbocycles. The molecule has 0 atom stereocenters. The number of benzene rings is 1. The Kier molecular flexibility index (Phi) is 3.72. The first-order valence-electron chi connectivity index (χ1n) is 7.45. The quantitative estimate of drug-likeness (QED) is 0.680. The molecule has 4 N–H and O–H groups in total. The third kappa shape index (κ3) is 2.75. The minimum atomic E-state index is 0.0571. The van der Waals surface area contributed by atoms with E-state index in [1.807, 2.05) is 24.4 Å². The van der Waals surface area contributed by atoms with Crippen molar-refractivity contribution in [2.24, 2.45) is 4.99 Å². The Bertz CT molecular complexity index is 934. The normalized spacial score (nSPS) is 12.4. The summed E-state index contributed by atoms with van der Waals surface area (Å²) in [5, 5.41) is 12.6. The summed E-state index contributed by atoms with van der Waals surface area (Å²) in [4.78, 5) is 14.5.